The molecule has 0 aliphatic heterocycles. The van der Waals surface area contributed by atoms with Crippen LogP contribution in [0.5, 0.6) is 0 Å². The molecule has 2 N–H and O–H groups in total. The molecule has 2 heterocycles. The number of fused-ring (bicyclic) bond motifs is 3. The van der Waals surface area contributed by atoms with Crippen LogP contribution in [-0.4, -0.2) is 9.97 Å². The van der Waals surface area contributed by atoms with Gasteiger partial charge in [-0.1, -0.05) is 31.5 Å². The normalized spacial score (nSPS) is 11.4. The molecule has 0 bridgehead atoms. The van der Waals surface area contributed by atoms with Crippen molar-refractivity contribution in [1.82, 2.24) is 9.97 Å². The van der Waals surface area contributed by atoms with E-state index >= 15 is 0 Å². The van der Waals surface area contributed by atoms with Gasteiger partial charge in [0.1, 0.15) is 0 Å². The largest absolute Gasteiger partial charge is 0.353 e. The highest BCUT2D eigenvalue weighted by atomic mass is 16.1. The Labute approximate surface area is 105 Å². The molecule has 18 heavy (non-hydrogen) atoms. The van der Waals surface area contributed by atoms with Gasteiger partial charge in [0.25, 0.3) is 0 Å². The summed E-state index contributed by atoms with van der Waals surface area (Å²) in [5.74, 6) is 0. The third kappa shape index (κ3) is 1.55. The zero-order valence-electron chi connectivity index (χ0n) is 10.6. The van der Waals surface area contributed by atoms with E-state index in [0.29, 0.717) is 0 Å². The quantitative estimate of drug-likeness (QED) is 0.709. The first-order valence-electron chi connectivity index (χ1n) is 6.34. The summed E-state index contributed by atoms with van der Waals surface area (Å²) in [5, 5.41) is 2.16. The molecule has 0 amide bonds. The zero-order chi connectivity index (χ0) is 12.7. The average molecular weight is 240 g/mol. The third-order valence-electron chi connectivity index (χ3n) is 3.43. The Morgan fingerprint density at radius 3 is 2.72 bits per heavy atom. The second kappa shape index (κ2) is 4.02. The van der Waals surface area contributed by atoms with Gasteiger partial charge in [0.15, 0.2) is 0 Å². The van der Waals surface area contributed by atoms with Crippen LogP contribution in [0.25, 0.3) is 21.8 Å². The molecule has 0 atom stereocenters. The maximum absolute atomic E-state index is 11.7. The van der Waals surface area contributed by atoms with Crippen LogP contribution in [0.15, 0.2) is 29.1 Å². The lowest BCUT2D eigenvalue weighted by Crippen LogP contribution is -2.07. The Kier molecular flexibility index (Phi) is 2.47. The van der Waals surface area contributed by atoms with E-state index in [1.54, 1.807) is 6.07 Å². The molecule has 0 spiro atoms. The van der Waals surface area contributed by atoms with E-state index in [0.717, 1.165) is 40.3 Å². The highest BCUT2D eigenvalue weighted by Gasteiger charge is 2.10. The van der Waals surface area contributed by atoms with Crippen molar-refractivity contribution >= 4 is 21.8 Å². The van der Waals surface area contributed by atoms with Crippen molar-refractivity contribution in [3.05, 3.63) is 45.9 Å². The van der Waals surface area contributed by atoms with Crippen molar-refractivity contribution in [3.63, 3.8) is 0 Å². The number of hydrogen-bond acceptors (Lipinski definition) is 1. The van der Waals surface area contributed by atoms with Crippen molar-refractivity contribution < 1.29 is 0 Å². The molecule has 0 radical (unpaired) electrons. The Morgan fingerprint density at radius 1 is 1.11 bits per heavy atom. The van der Waals surface area contributed by atoms with Crippen molar-refractivity contribution in [3.8, 4) is 0 Å². The highest BCUT2D eigenvalue weighted by molar-refractivity contribution is 6.08. The highest BCUT2D eigenvalue weighted by Crippen LogP contribution is 2.27. The lowest BCUT2D eigenvalue weighted by Gasteiger charge is -2.00. The monoisotopic (exact) mass is 240 g/mol. The molecule has 92 valence electrons. The fourth-order valence-electron chi connectivity index (χ4n) is 2.59. The van der Waals surface area contributed by atoms with E-state index in [2.05, 4.69) is 35.9 Å². The van der Waals surface area contributed by atoms with Gasteiger partial charge in [-0.3, -0.25) is 4.79 Å². The van der Waals surface area contributed by atoms with Crippen LogP contribution < -0.4 is 5.56 Å². The number of aromatic amines is 2. The molecule has 0 unspecified atom stereocenters. The first kappa shape index (κ1) is 11.1. The van der Waals surface area contributed by atoms with E-state index in [1.165, 1.54) is 5.56 Å². The first-order valence-corrected chi connectivity index (χ1v) is 6.34. The predicted octanol–water partition coefficient (Wildman–Crippen LogP) is 3.27. The van der Waals surface area contributed by atoms with Crippen LogP contribution >= 0.6 is 0 Å². The van der Waals surface area contributed by atoms with Gasteiger partial charge in [-0.25, -0.2) is 0 Å². The minimum atomic E-state index is -0.0200. The molecule has 0 aliphatic rings. The summed E-state index contributed by atoms with van der Waals surface area (Å²) in [7, 11) is 0. The van der Waals surface area contributed by atoms with Gasteiger partial charge in [-0.2, -0.15) is 0 Å². The van der Waals surface area contributed by atoms with Crippen molar-refractivity contribution in [2.24, 2.45) is 0 Å². The molecule has 3 nitrogen and oxygen atoms in total. The lowest BCUT2D eigenvalue weighted by atomic mass is 10.1. The summed E-state index contributed by atoms with van der Waals surface area (Å²) in [5.41, 5.74) is 4.40. The standard InChI is InChI=1S/C15H16N2O/c1-3-5-12-15-11(8-13(18)16-12)10-7-4-6-9(2)14(10)17-15/h4,6-8,17H,3,5H2,1-2H3,(H,16,18). The summed E-state index contributed by atoms with van der Waals surface area (Å²) in [6.45, 7) is 4.20. The number of nitrogens with one attached hydrogen (secondary N) is 2. The predicted molar refractivity (Wildman–Crippen MR) is 75.2 cm³/mol. The molecule has 3 rings (SSSR count). The SMILES string of the molecule is CCCc1[nH]c(=O)cc2c1[nH]c1c(C)cccc12. The minimum Gasteiger partial charge on any atom is -0.353 e. The number of rotatable bonds is 2. The van der Waals surface area contributed by atoms with Crippen LogP contribution in [0.1, 0.15) is 24.6 Å². The number of H-pyrrole nitrogens is 2. The van der Waals surface area contributed by atoms with Gasteiger partial charge < -0.3 is 9.97 Å². The van der Waals surface area contributed by atoms with Crippen LogP contribution in [0.3, 0.4) is 0 Å². The zero-order valence-corrected chi connectivity index (χ0v) is 10.6. The summed E-state index contributed by atoms with van der Waals surface area (Å²) in [6.07, 6.45) is 1.90. The van der Waals surface area contributed by atoms with Crippen molar-refractivity contribution in [2.45, 2.75) is 26.7 Å². The Bertz CT molecular complexity index is 780. The molecule has 3 heteroatoms. The van der Waals surface area contributed by atoms with Crippen LogP contribution in [0.4, 0.5) is 0 Å². The summed E-state index contributed by atoms with van der Waals surface area (Å²) in [6, 6.07) is 7.87. The smallest absolute Gasteiger partial charge is 0.248 e. The van der Waals surface area contributed by atoms with Gasteiger partial charge in [-0.15, -0.1) is 0 Å². The van der Waals surface area contributed by atoms with Gasteiger partial charge >= 0.3 is 0 Å². The van der Waals surface area contributed by atoms with E-state index < -0.39 is 0 Å². The minimum absolute atomic E-state index is 0.0200. The lowest BCUT2D eigenvalue weighted by molar-refractivity contribution is 0.884. The molecule has 2 aromatic heterocycles. The molecule has 0 fully saturated rings. The molecule has 0 saturated carbocycles. The van der Waals surface area contributed by atoms with Gasteiger partial charge in [0, 0.05) is 28.0 Å². The third-order valence-corrected chi connectivity index (χ3v) is 3.43. The first-order chi connectivity index (χ1) is 8.70. The Morgan fingerprint density at radius 2 is 1.94 bits per heavy atom. The molecule has 0 saturated heterocycles. The van der Waals surface area contributed by atoms with E-state index in [9.17, 15) is 4.79 Å². The number of aryl methyl sites for hydroxylation is 2. The Balaban J connectivity index is 2.49. The molecule has 0 aliphatic carbocycles. The van der Waals surface area contributed by atoms with E-state index in [-0.39, 0.29) is 5.56 Å². The van der Waals surface area contributed by atoms with Crippen molar-refractivity contribution in [1.29, 1.82) is 0 Å². The van der Waals surface area contributed by atoms with Crippen LogP contribution in [0.2, 0.25) is 0 Å². The maximum Gasteiger partial charge on any atom is 0.248 e. The number of hydrogen-bond donors (Lipinski definition) is 2. The summed E-state index contributed by atoms with van der Waals surface area (Å²) in [4.78, 5) is 18.1. The summed E-state index contributed by atoms with van der Waals surface area (Å²) >= 11 is 0. The second-order valence-electron chi connectivity index (χ2n) is 4.77. The van der Waals surface area contributed by atoms with Gasteiger partial charge in [0.05, 0.1) is 5.52 Å². The average Bonchev–Trinajstić information content (AvgIpc) is 2.70. The van der Waals surface area contributed by atoms with E-state index in [4.69, 9.17) is 0 Å². The number of pyridine rings is 1. The molecular formula is C15H16N2O. The molecular weight excluding hydrogens is 224 g/mol. The van der Waals surface area contributed by atoms with Gasteiger partial charge in [-0.05, 0) is 18.9 Å². The van der Waals surface area contributed by atoms with Crippen LogP contribution in [-0.2, 0) is 6.42 Å². The maximum atomic E-state index is 11.7. The number of para-hydroxylation sites is 1. The fourth-order valence-corrected chi connectivity index (χ4v) is 2.59. The Hall–Kier alpha value is -2.03. The summed E-state index contributed by atoms with van der Waals surface area (Å²) < 4.78 is 0. The van der Waals surface area contributed by atoms with Gasteiger partial charge in [0.2, 0.25) is 5.56 Å². The van der Waals surface area contributed by atoms with E-state index in [1.807, 2.05) is 6.07 Å². The second-order valence-corrected chi connectivity index (χ2v) is 4.77. The van der Waals surface area contributed by atoms with Crippen LogP contribution in [0, 0.1) is 6.92 Å². The topological polar surface area (TPSA) is 48.6 Å². The van der Waals surface area contributed by atoms with Crippen molar-refractivity contribution in [2.75, 3.05) is 0 Å². The molecule has 1 aromatic carbocycles. The fraction of sp³-hybridized carbons (Fsp3) is 0.267. The number of aromatic nitrogens is 2. The number of benzene rings is 1. The molecule has 3 aromatic rings.